The van der Waals surface area contributed by atoms with Gasteiger partial charge in [0.15, 0.2) is 0 Å². The second-order valence-corrected chi connectivity index (χ2v) is 4.35. The molecule has 3 N–H and O–H groups in total. The van der Waals surface area contributed by atoms with Gasteiger partial charge >= 0.3 is 0 Å². The van der Waals surface area contributed by atoms with Gasteiger partial charge in [0, 0.05) is 30.6 Å². The lowest BCUT2D eigenvalue weighted by atomic mass is 10.1. The number of hydrazine groups is 1. The first-order valence-corrected chi connectivity index (χ1v) is 6.03. The lowest BCUT2D eigenvalue weighted by Crippen LogP contribution is -2.23. The molecule has 0 spiro atoms. The van der Waals surface area contributed by atoms with Crippen LogP contribution in [0.4, 0.5) is 15.9 Å². The molecule has 0 bridgehead atoms. The Balaban J connectivity index is 2.28. The summed E-state index contributed by atoms with van der Waals surface area (Å²) in [7, 11) is 1.91. The molecule has 0 saturated heterocycles. The Morgan fingerprint density at radius 2 is 2.05 bits per heavy atom. The molecule has 0 aliphatic carbocycles. The van der Waals surface area contributed by atoms with E-state index in [4.69, 9.17) is 5.84 Å². The Labute approximate surface area is 112 Å². The number of nitrogens with two attached hydrogens (primary N) is 1. The van der Waals surface area contributed by atoms with Crippen molar-refractivity contribution in [3.05, 3.63) is 54.0 Å². The van der Waals surface area contributed by atoms with Crippen LogP contribution in [-0.2, 0) is 0 Å². The molecule has 5 heteroatoms. The third-order valence-electron chi connectivity index (χ3n) is 3.23. The van der Waals surface area contributed by atoms with Gasteiger partial charge in [-0.05, 0) is 19.1 Å². The molecule has 1 heterocycles. The molecule has 2 aromatic rings. The largest absolute Gasteiger partial charge is 0.368 e. The monoisotopic (exact) mass is 260 g/mol. The van der Waals surface area contributed by atoms with Crippen LogP contribution in [0.5, 0.6) is 0 Å². The van der Waals surface area contributed by atoms with Crippen molar-refractivity contribution in [3.63, 3.8) is 0 Å². The van der Waals surface area contributed by atoms with Crippen molar-refractivity contribution in [3.8, 4) is 0 Å². The van der Waals surface area contributed by atoms with Crippen molar-refractivity contribution >= 4 is 11.5 Å². The average molecular weight is 260 g/mol. The third-order valence-corrected chi connectivity index (χ3v) is 3.23. The number of aromatic nitrogens is 1. The SMILES string of the molecule is CC(c1ccccc1F)N(C)c1ccnc(NN)c1. The second kappa shape index (κ2) is 5.67. The second-order valence-electron chi connectivity index (χ2n) is 4.35. The minimum absolute atomic E-state index is 0.0887. The van der Waals surface area contributed by atoms with Crippen LogP contribution in [0.25, 0.3) is 0 Å². The summed E-state index contributed by atoms with van der Waals surface area (Å²) >= 11 is 0. The van der Waals surface area contributed by atoms with Crippen LogP contribution in [0.15, 0.2) is 42.6 Å². The smallest absolute Gasteiger partial charge is 0.141 e. The summed E-state index contributed by atoms with van der Waals surface area (Å²) < 4.78 is 13.8. The van der Waals surface area contributed by atoms with E-state index >= 15 is 0 Å². The van der Waals surface area contributed by atoms with Crippen LogP contribution in [-0.4, -0.2) is 12.0 Å². The molecule has 1 unspecified atom stereocenters. The average Bonchev–Trinajstić information content (AvgIpc) is 2.46. The molecule has 0 saturated carbocycles. The van der Waals surface area contributed by atoms with E-state index in [1.54, 1.807) is 18.3 Å². The van der Waals surface area contributed by atoms with E-state index in [2.05, 4.69) is 10.4 Å². The number of pyridine rings is 1. The molecule has 0 amide bonds. The van der Waals surface area contributed by atoms with Gasteiger partial charge in [-0.25, -0.2) is 15.2 Å². The lowest BCUT2D eigenvalue weighted by molar-refractivity contribution is 0.585. The summed E-state index contributed by atoms with van der Waals surface area (Å²) in [6, 6.07) is 10.4. The number of halogens is 1. The lowest BCUT2D eigenvalue weighted by Gasteiger charge is -2.27. The Kier molecular flexibility index (Phi) is 3.97. The molecular formula is C14H17FN4. The molecule has 2 rings (SSSR count). The summed E-state index contributed by atoms with van der Waals surface area (Å²) in [5, 5.41) is 0. The predicted octanol–water partition coefficient (Wildman–Crippen LogP) is 2.70. The molecular weight excluding hydrogens is 243 g/mol. The Morgan fingerprint density at radius 3 is 2.74 bits per heavy atom. The minimum atomic E-state index is -0.201. The van der Waals surface area contributed by atoms with Gasteiger partial charge in [0.1, 0.15) is 11.6 Å². The Bertz CT molecular complexity index is 559. The van der Waals surface area contributed by atoms with Crippen molar-refractivity contribution in [2.45, 2.75) is 13.0 Å². The number of nitrogens with one attached hydrogen (secondary N) is 1. The number of hydrogen-bond acceptors (Lipinski definition) is 4. The van der Waals surface area contributed by atoms with E-state index in [-0.39, 0.29) is 11.9 Å². The van der Waals surface area contributed by atoms with Crippen molar-refractivity contribution in [2.24, 2.45) is 5.84 Å². The van der Waals surface area contributed by atoms with Gasteiger partial charge in [-0.15, -0.1) is 0 Å². The molecule has 0 aliphatic heterocycles. The van der Waals surface area contributed by atoms with Crippen LogP contribution >= 0.6 is 0 Å². The highest BCUT2D eigenvalue weighted by molar-refractivity contribution is 5.54. The fourth-order valence-corrected chi connectivity index (χ4v) is 1.96. The number of nitrogens with zero attached hydrogens (tertiary/aromatic N) is 2. The van der Waals surface area contributed by atoms with E-state index in [1.165, 1.54) is 6.07 Å². The molecule has 0 radical (unpaired) electrons. The quantitative estimate of drug-likeness (QED) is 0.655. The van der Waals surface area contributed by atoms with Gasteiger partial charge in [-0.1, -0.05) is 18.2 Å². The van der Waals surface area contributed by atoms with Crippen molar-refractivity contribution in [2.75, 3.05) is 17.4 Å². The molecule has 100 valence electrons. The van der Waals surface area contributed by atoms with Crippen LogP contribution in [0.1, 0.15) is 18.5 Å². The third kappa shape index (κ3) is 2.82. The van der Waals surface area contributed by atoms with Crippen LogP contribution in [0.2, 0.25) is 0 Å². The van der Waals surface area contributed by atoms with E-state index in [1.807, 2.05) is 37.1 Å². The van der Waals surface area contributed by atoms with Gasteiger partial charge in [-0.3, -0.25) is 0 Å². The summed E-state index contributed by atoms with van der Waals surface area (Å²) in [5.74, 6) is 5.71. The Hall–Kier alpha value is -2.14. The molecule has 19 heavy (non-hydrogen) atoms. The zero-order chi connectivity index (χ0) is 13.8. The molecule has 0 fully saturated rings. The van der Waals surface area contributed by atoms with E-state index in [9.17, 15) is 4.39 Å². The van der Waals surface area contributed by atoms with Crippen molar-refractivity contribution in [1.82, 2.24) is 4.98 Å². The zero-order valence-corrected chi connectivity index (χ0v) is 11.0. The highest BCUT2D eigenvalue weighted by Gasteiger charge is 2.16. The first-order chi connectivity index (χ1) is 9.13. The maximum absolute atomic E-state index is 13.8. The number of anilines is 2. The Morgan fingerprint density at radius 1 is 1.32 bits per heavy atom. The molecule has 0 aliphatic rings. The molecule has 1 aromatic carbocycles. The van der Waals surface area contributed by atoms with Gasteiger partial charge in [0.25, 0.3) is 0 Å². The first kappa shape index (κ1) is 13.3. The van der Waals surface area contributed by atoms with Gasteiger partial charge in [0.05, 0.1) is 6.04 Å². The van der Waals surface area contributed by atoms with E-state index < -0.39 is 0 Å². The maximum Gasteiger partial charge on any atom is 0.141 e. The summed E-state index contributed by atoms with van der Waals surface area (Å²) in [5.41, 5.74) is 4.07. The van der Waals surface area contributed by atoms with Gasteiger partial charge < -0.3 is 10.3 Å². The van der Waals surface area contributed by atoms with Crippen LogP contribution in [0.3, 0.4) is 0 Å². The van der Waals surface area contributed by atoms with Crippen molar-refractivity contribution in [1.29, 1.82) is 0 Å². The fraction of sp³-hybridized carbons (Fsp3) is 0.214. The molecule has 4 nitrogen and oxygen atoms in total. The van der Waals surface area contributed by atoms with E-state index in [0.717, 1.165) is 5.69 Å². The highest BCUT2D eigenvalue weighted by atomic mass is 19.1. The summed E-state index contributed by atoms with van der Waals surface area (Å²) in [6.07, 6.45) is 1.66. The molecule has 1 atom stereocenters. The number of nitrogen functional groups attached to an aromatic ring is 1. The van der Waals surface area contributed by atoms with Crippen LogP contribution in [0, 0.1) is 5.82 Å². The molecule has 1 aromatic heterocycles. The van der Waals surface area contributed by atoms with Crippen LogP contribution < -0.4 is 16.2 Å². The predicted molar refractivity (Wildman–Crippen MR) is 75.3 cm³/mol. The van der Waals surface area contributed by atoms with Crippen molar-refractivity contribution < 1.29 is 4.39 Å². The van der Waals surface area contributed by atoms with Gasteiger partial charge in [0.2, 0.25) is 0 Å². The number of benzene rings is 1. The summed E-state index contributed by atoms with van der Waals surface area (Å²) in [6.45, 7) is 1.95. The standard InChI is InChI=1S/C14H17FN4/c1-10(12-5-3-4-6-13(12)15)19(2)11-7-8-17-14(9-11)18-16/h3-10H,16H2,1-2H3,(H,17,18). The number of hydrogen-bond donors (Lipinski definition) is 2. The van der Waals surface area contributed by atoms with Gasteiger partial charge in [-0.2, -0.15) is 0 Å². The highest BCUT2D eigenvalue weighted by Crippen LogP contribution is 2.27. The van der Waals surface area contributed by atoms with E-state index in [0.29, 0.717) is 11.4 Å². The first-order valence-electron chi connectivity index (χ1n) is 6.03. The zero-order valence-electron chi connectivity index (χ0n) is 11.0. The fourth-order valence-electron chi connectivity index (χ4n) is 1.96. The minimum Gasteiger partial charge on any atom is -0.368 e. The topological polar surface area (TPSA) is 54.2 Å². The number of rotatable bonds is 4. The maximum atomic E-state index is 13.8. The summed E-state index contributed by atoms with van der Waals surface area (Å²) in [4.78, 5) is 6.03. The normalized spacial score (nSPS) is 12.0.